The molecule has 2 N–H and O–H groups in total. The quantitative estimate of drug-likeness (QED) is 0.811. The highest BCUT2D eigenvalue weighted by atomic mass is 32.2. The van der Waals surface area contributed by atoms with E-state index in [1.807, 2.05) is 13.0 Å². The molecule has 0 spiro atoms. The Balaban J connectivity index is 1.90. The maximum absolute atomic E-state index is 11.8. The van der Waals surface area contributed by atoms with Crippen molar-refractivity contribution in [1.82, 2.24) is 4.98 Å². The Hall–Kier alpha value is -1.30. The van der Waals surface area contributed by atoms with Crippen LogP contribution in [0.1, 0.15) is 45.4 Å². The van der Waals surface area contributed by atoms with E-state index in [2.05, 4.69) is 15.0 Å². The Morgan fingerprint density at radius 1 is 1.30 bits per heavy atom. The molecule has 1 aromatic rings. The number of anilines is 2. The van der Waals surface area contributed by atoms with Gasteiger partial charge in [0.2, 0.25) is 10.0 Å². The van der Waals surface area contributed by atoms with Gasteiger partial charge < -0.3 is 5.32 Å². The first-order valence-corrected chi connectivity index (χ1v) is 8.97. The van der Waals surface area contributed by atoms with Crippen molar-refractivity contribution in [2.24, 2.45) is 0 Å². The van der Waals surface area contributed by atoms with E-state index in [4.69, 9.17) is 0 Å². The van der Waals surface area contributed by atoms with E-state index in [1.165, 1.54) is 25.7 Å². The molecular formula is C14H23N3O2S. The topological polar surface area (TPSA) is 71.1 Å². The van der Waals surface area contributed by atoms with E-state index >= 15 is 0 Å². The van der Waals surface area contributed by atoms with Crippen molar-refractivity contribution in [3.05, 3.63) is 18.3 Å². The Morgan fingerprint density at radius 3 is 2.65 bits per heavy atom. The Morgan fingerprint density at radius 2 is 2.05 bits per heavy atom. The van der Waals surface area contributed by atoms with Crippen LogP contribution < -0.4 is 10.0 Å². The fourth-order valence-corrected chi connectivity index (χ4v) is 3.63. The summed E-state index contributed by atoms with van der Waals surface area (Å²) in [7, 11) is -3.24. The van der Waals surface area contributed by atoms with Gasteiger partial charge in [-0.25, -0.2) is 13.4 Å². The summed E-state index contributed by atoms with van der Waals surface area (Å²) in [6.45, 7) is 1.97. The van der Waals surface area contributed by atoms with Crippen molar-refractivity contribution in [2.75, 3.05) is 15.8 Å². The maximum Gasteiger partial charge on any atom is 0.232 e. The SMILES string of the molecule is CCCCS(=O)(=O)Nc1ccc(NC2CCCC2)nc1. The van der Waals surface area contributed by atoms with E-state index in [0.29, 0.717) is 18.2 Å². The highest BCUT2D eigenvalue weighted by Crippen LogP contribution is 2.22. The molecule has 0 saturated heterocycles. The molecule has 6 heteroatoms. The van der Waals surface area contributed by atoms with Crippen molar-refractivity contribution in [2.45, 2.75) is 51.5 Å². The average molecular weight is 297 g/mol. The Labute approximate surface area is 121 Å². The number of rotatable bonds is 7. The summed E-state index contributed by atoms with van der Waals surface area (Å²) in [6, 6.07) is 4.10. The number of hydrogen-bond donors (Lipinski definition) is 2. The second kappa shape index (κ2) is 6.92. The van der Waals surface area contributed by atoms with Gasteiger partial charge in [0.1, 0.15) is 5.82 Å². The zero-order valence-electron chi connectivity index (χ0n) is 11.9. The fourth-order valence-electron chi connectivity index (χ4n) is 2.38. The molecule has 5 nitrogen and oxygen atoms in total. The fraction of sp³-hybridized carbons (Fsp3) is 0.643. The molecule has 112 valence electrons. The van der Waals surface area contributed by atoms with E-state index in [0.717, 1.165) is 12.2 Å². The molecular weight excluding hydrogens is 274 g/mol. The highest BCUT2D eigenvalue weighted by Gasteiger charge is 2.15. The van der Waals surface area contributed by atoms with E-state index < -0.39 is 10.0 Å². The zero-order chi connectivity index (χ0) is 14.4. The first-order chi connectivity index (χ1) is 9.59. The molecule has 1 aromatic heterocycles. The molecule has 0 radical (unpaired) electrons. The summed E-state index contributed by atoms with van der Waals surface area (Å²) >= 11 is 0. The largest absolute Gasteiger partial charge is 0.367 e. The van der Waals surface area contributed by atoms with E-state index in [1.54, 1.807) is 12.3 Å². The lowest BCUT2D eigenvalue weighted by Gasteiger charge is -2.13. The number of unbranched alkanes of at least 4 members (excludes halogenated alkanes) is 1. The molecule has 0 amide bonds. The van der Waals surface area contributed by atoms with Crippen LogP contribution in [-0.2, 0) is 10.0 Å². The molecule has 0 atom stereocenters. The highest BCUT2D eigenvalue weighted by molar-refractivity contribution is 7.92. The lowest BCUT2D eigenvalue weighted by atomic mass is 10.2. The molecule has 1 aliphatic carbocycles. The molecule has 0 aromatic carbocycles. The number of aromatic nitrogens is 1. The molecule has 1 aliphatic rings. The summed E-state index contributed by atoms with van der Waals surface area (Å²) in [4.78, 5) is 4.27. The summed E-state index contributed by atoms with van der Waals surface area (Å²) in [5.41, 5.74) is 0.526. The molecule has 1 saturated carbocycles. The first kappa shape index (κ1) is 15.1. The third-order valence-electron chi connectivity index (χ3n) is 3.51. The van der Waals surface area contributed by atoms with Crippen LogP contribution in [0, 0.1) is 0 Å². The van der Waals surface area contributed by atoms with Crippen LogP contribution >= 0.6 is 0 Å². The molecule has 0 bridgehead atoms. The van der Waals surface area contributed by atoms with Gasteiger partial charge in [-0.15, -0.1) is 0 Å². The number of hydrogen-bond acceptors (Lipinski definition) is 4. The first-order valence-electron chi connectivity index (χ1n) is 7.32. The minimum Gasteiger partial charge on any atom is -0.367 e. The summed E-state index contributed by atoms with van der Waals surface area (Å²) < 4.78 is 26.1. The van der Waals surface area contributed by atoms with Gasteiger partial charge in [-0.3, -0.25) is 4.72 Å². The lowest BCUT2D eigenvalue weighted by molar-refractivity contribution is 0.598. The second-order valence-corrected chi connectivity index (χ2v) is 7.17. The Bertz CT molecular complexity index is 508. The van der Waals surface area contributed by atoms with Gasteiger partial charge in [-0.05, 0) is 31.4 Å². The molecule has 0 unspecified atom stereocenters. The normalized spacial score (nSPS) is 16.2. The van der Waals surface area contributed by atoms with Gasteiger partial charge in [-0.1, -0.05) is 26.2 Å². The van der Waals surface area contributed by atoms with Crippen LogP contribution in [0.15, 0.2) is 18.3 Å². The maximum atomic E-state index is 11.8. The predicted octanol–water partition coefficient (Wildman–Crippen LogP) is 2.98. The van der Waals surface area contributed by atoms with Crippen molar-refractivity contribution < 1.29 is 8.42 Å². The van der Waals surface area contributed by atoms with Crippen LogP contribution in [0.2, 0.25) is 0 Å². The van der Waals surface area contributed by atoms with Gasteiger partial charge in [0.25, 0.3) is 0 Å². The number of pyridine rings is 1. The monoisotopic (exact) mass is 297 g/mol. The number of nitrogens with one attached hydrogen (secondary N) is 2. The number of sulfonamides is 1. The van der Waals surface area contributed by atoms with Crippen molar-refractivity contribution in [3.63, 3.8) is 0 Å². The van der Waals surface area contributed by atoms with Gasteiger partial charge in [0.05, 0.1) is 17.6 Å². The average Bonchev–Trinajstić information content (AvgIpc) is 2.91. The molecule has 1 fully saturated rings. The molecule has 2 rings (SSSR count). The van der Waals surface area contributed by atoms with Crippen molar-refractivity contribution in [3.8, 4) is 0 Å². The van der Waals surface area contributed by atoms with Gasteiger partial charge in [0, 0.05) is 6.04 Å². The van der Waals surface area contributed by atoms with Crippen LogP contribution in [0.25, 0.3) is 0 Å². The van der Waals surface area contributed by atoms with Crippen LogP contribution in [0.4, 0.5) is 11.5 Å². The smallest absolute Gasteiger partial charge is 0.232 e. The van der Waals surface area contributed by atoms with E-state index in [-0.39, 0.29) is 5.75 Å². The van der Waals surface area contributed by atoms with E-state index in [9.17, 15) is 8.42 Å². The molecule has 0 aliphatic heterocycles. The van der Waals surface area contributed by atoms with Crippen molar-refractivity contribution in [1.29, 1.82) is 0 Å². The van der Waals surface area contributed by atoms with Crippen LogP contribution in [-0.4, -0.2) is 25.2 Å². The molecule has 20 heavy (non-hydrogen) atoms. The third kappa shape index (κ3) is 4.67. The number of nitrogens with zero attached hydrogens (tertiary/aromatic N) is 1. The summed E-state index contributed by atoms with van der Waals surface area (Å²) in [6.07, 6.45) is 8.02. The Kier molecular flexibility index (Phi) is 5.23. The third-order valence-corrected chi connectivity index (χ3v) is 4.88. The second-order valence-electron chi connectivity index (χ2n) is 5.33. The standard InChI is InChI=1S/C14H23N3O2S/c1-2-3-10-20(18,19)17-13-8-9-14(15-11-13)16-12-6-4-5-7-12/h8-9,11-12,17H,2-7,10H2,1H3,(H,15,16). The van der Waals surface area contributed by atoms with Crippen LogP contribution in [0.3, 0.4) is 0 Å². The van der Waals surface area contributed by atoms with Crippen molar-refractivity contribution >= 4 is 21.5 Å². The van der Waals surface area contributed by atoms with Gasteiger partial charge in [-0.2, -0.15) is 0 Å². The predicted molar refractivity (Wildman–Crippen MR) is 82.4 cm³/mol. The summed E-state index contributed by atoms with van der Waals surface area (Å²) in [5, 5.41) is 3.38. The zero-order valence-corrected chi connectivity index (χ0v) is 12.7. The minimum absolute atomic E-state index is 0.158. The molecule has 1 heterocycles. The summed E-state index contributed by atoms with van der Waals surface area (Å²) in [5.74, 6) is 0.972. The minimum atomic E-state index is -3.24. The van der Waals surface area contributed by atoms with Gasteiger partial charge >= 0.3 is 0 Å². The lowest BCUT2D eigenvalue weighted by Crippen LogP contribution is -2.17. The van der Waals surface area contributed by atoms with Gasteiger partial charge in [0.15, 0.2) is 0 Å². The van der Waals surface area contributed by atoms with Crippen LogP contribution in [0.5, 0.6) is 0 Å².